The second-order valence-corrected chi connectivity index (χ2v) is 4.49. The average molecular weight is 243 g/mol. The first kappa shape index (κ1) is 12.3. The second-order valence-electron chi connectivity index (χ2n) is 4.49. The highest BCUT2D eigenvalue weighted by atomic mass is 16.5. The molecule has 2 aliphatic heterocycles. The van der Waals surface area contributed by atoms with Gasteiger partial charge in [0.25, 0.3) is 5.91 Å². The Morgan fingerprint density at radius 1 is 1.29 bits per heavy atom. The summed E-state index contributed by atoms with van der Waals surface area (Å²) < 4.78 is 10.6. The van der Waals surface area contributed by atoms with E-state index in [9.17, 15) is 9.59 Å². The number of carboxylic acids is 1. The molecule has 96 valence electrons. The zero-order chi connectivity index (χ0) is 12.4. The van der Waals surface area contributed by atoms with E-state index in [-0.39, 0.29) is 25.2 Å². The zero-order valence-electron chi connectivity index (χ0n) is 9.80. The second kappa shape index (κ2) is 5.01. The molecule has 0 bridgehead atoms. The minimum absolute atomic E-state index is 0.107. The number of ether oxygens (including phenoxy) is 2. The summed E-state index contributed by atoms with van der Waals surface area (Å²) in [6, 6.07) is 0. The van der Waals surface area contributed by atoms with E-state index in [1.807, 2.05) is 6.92 Å². The number of hydrogen-bond donors (Lipinski definition) is 1. The van der Waals surface area contributed by atoms with Gasteiger partial charge in [-0.3, -0.25) is 4.79 Å². The number of carboxylic acid groups (broad SMARTS) is 1. The third-order valence-electron chi connectivity index (χ3n) is 3.16. The first-order valence-electron chi connectivity index (χ1n) is 5.86. The fourth-order valence-corrected chi connectivity index (χ4v) is 2.19. The lowest BCUT2D eigenvalue weighted by Crippen LogP contribution is -2.51. The van der Waals surface area contributed by atoms with Crippen molar-refractivity contribution in [2.24, 2.45) is 0 Å². The number of amides is 1. The molecule has 0 aromatic heterocycles. The molecule has 1 amide bonds. The molecular formula is C11H17NO5. The molecule has 2 fully saturated rings. The zero-order valence-corrected chi connectivity index (χ0v) is 9.80. The summed E-state index contributed by atoms with van der Waals surface area (Å²) in [6.07, 6.45) is 0.391. The van der Waals surface area contributed by atoms with Crippen LogP contribution >= 0.6 is 0 Å². The maximum Gasteiger partial charge on any atom is 0.334 e. The van der Waals surface area contributed by atoms with Gasteiger partial charge in [0.05, 0.1) is 19.3 Å². The minimum Gasteiger partial charge on any atom is -0.479 e. The molecule has 2 aliphatic rings. The number of morpholine rings is 1. The summed E-state index contributed by atoms with van der Waals surface area (Å²) in [5, 5.41) is 8.85. The molecule has 1 N–H and O–H groups in total. The van der Waals surface area contributed by atoms with Crippen LogP contribution in [0, 0.1) is 0 Å². The lowest BCUT2D eigenvalue weighted by molar-refractivity contribution is -0.162. The van der Waals surface area contributed by atoms with Crippen molar-refractivity contribution in [3.05, 3.63) is 0 Å². The van der Waals surface area contributed by atoms with E-state index in [0.29, 0.717) is 6.54 Å². The van der Waals surface area contributed by atoms with Crippen molar-refractivity contribution in [3.63, 3.8) is 0 Å². The summed E-state index contributed by atoms with van der Waals surface area (Å²) in [7, 11) is 0. The maximum absolute atomic E-state index is 12.1. The van der Waals surface area contributed by atoms with Crippen LogP contribution in [0.5, 0.6) is 0 Å². The smallest absolute Gasteiger partial charge is 0.334 e. The molecule has 0 radical (unpaired) electrons. The standard InChI is InChI=1S/C11H17NO5/c1-7-2-3-8(17-7)10(13)12-4-5-16-9(6-12)11(14)15/h7-9H,2-6H2,1H3,(H,14,15). The van der Waals surface area contributed by atoms with E-state index >= 15 is 0 Å². The van der Waals surface area contributed by atoms with Crippen LogP contribution in [0.15, 0.2) is 0 Å². The third kappa shape index (κ3) is 2.76. The first-order valence-corrected chi connectivity index (χ1v) is 5.86. The van der Waals surface area contributed by atoms with Gasteiger partial charge >= 0.3 is 5.97 Å². The van der Waals surface area contributed by atoms with Crippen LogP contribution in [0.2, 0.25) is 0 Å². The number of aliphatic carboxylic acids is 1. The third-order valence-corrected chi connectivity index (χ3v) is 3.16. The van der Waals surface area contributed by atoms with Crippen molar-refractivity contribution < 1.29 is 24.2 Å². The molecule has 6 heteroatoms. The number of carbonyl (C=O) groups is 2. The van der Waals surface area contributed by atoms with Crippen molar-refractivity contribution in [2.45, 2.75) is 38.1 Å². The van der Waals surface area contributed by atoms with E-state index in [1.165, 1.54) is 4.90 Å². The van der Waals surface area contributed by atoms with Crippen LogP contribution in [0.3, 0.4) is 0 Å². The van der Waals surface area contributed by atoms with Gasteiger partial charge in [0.15, 0.2) is 6.10 Å². The predicted octanol–water partition coefficient (Wildman–Crippen LogP) is -0.134. The summed E-state index contributed by atoms with van der Waals surface area (Å²) in [5.74, 6) is -1.13. The van der Waals surface area contributed by atoms with Gasteiger partial charge in [-0.05, 0) is 19.8 Å². The van der Waals surface area contributed by atoms with Gasteiger partial charge in [0, 0.05) is 6.54 Å². The first-order chi connectivity index (χ1) is 8.08. The highest BCUT2D eigenvalue weighted by Gasteiger charge is 2.35. The topological polar surface area (TPSA) is 76.1 Å². The molecule has 17 heavy (non-hydrogen) atoms. The summed E-state index contributed by atoms with van der Waals surface area (Å²) >= 11 is 0. The van der Waals surface area contributed by atoms with Crippen LogP contribution in [-0.2, 0) is 19.1 Å². The Morgan fingerprint density at radius 3 is 2.65 bits per heavy atom. The molecule has 3 atom stereocenters. The van der Waals surface area contributed by atoms with Crippen LogP contribution in [0.25, 0.3) is 0 Å². The fourth-order valence-electron chi connectivity index (χ4n) is 2.19. The molecule has 0 saturated carbocycles. The van der Waals surface area contributed by atoms with E-state index in [2.05, 4.69) is 0 Å². The Bertz CT molecular complexity index is 319. The number of carbonyl (C=O) groups excluding carboxylic acids is 1. The molecule has 6 nitrogen and oxygen atoms in total. The van der Waals surface area contributed by atoms with E-state index in [0.717, 1.165) is 12.8 Å². The van der Waals surface area contributed by atoms with Gasteiger partial charge in [0.2, 0.25) is 0 Å². The SMILES string of the molecule is CC1CCC(C(=O)N2CCOC(C(=O)O)C2)O1. The van der Waals surface area contributed by atoms with Crippen molar-refractivity contribution in [1.29, 1.82) is 0 Å². The van der Waals surface area contributed by atoms with Crippen molar-refractivity contribution in [2.75, 3.05) is 19.7 Å². The molecule has 2 saturated heterocycles. The van der Waals surface area contributed by atoms with E-state index < -0.39 is 18.2 Å². The lowest BCUT2D eigenvalue weighted by Gasteiger charge is -2.32. The predicted molar refractivity (Wildman–Crippen MR) is 57.5 cm³/mol. The summed E-state index contributed by atoms with van der Waals surface area (Å²) in [5.41, 5.74) is 0. The molecule has 0 aromatic carbocycles. The highest BCUT2D eigenvalue weighted by molar-refractivity contribution is 5.82. The number of hydrogen-bond acceptors (Lipinski definition) is 4. The molecular weight excluding hydrogens is 226 g/mol. The molecule has 2 heterocycles. The number of rotatable bonds is 2. The Hall–Kier alpha value is -1.14. The van der Waals surface area contributed by atoms with Gasteiger partial charge in [-0.2, -0.15) is 0 Å². The summed E-state index contributed by atoms with van der Waals surface area (Å²) in [6.45, 7) is 2.76. The molecule has 0 aliphatic carbocycles. The fraction of sp³-hybridized carbons (Fsp3) is 0.818. The van der Waals surface area contributed by atoms with Gasteiger partial charge in [0.1, 0.15) is 6.10 Å². The normalized spacial score (nSPS) is 33.7. The molecule has 2 rings (SSSR count). The Morgan fingerprint density at radius 2 is 2.06 bits per heavy atom. The largest absolute Gasteiger partial charge is 0.479 e. The van der Waals surface area contributed by atoms with Crippen LogP contribution < -0.4 is 0 Å². The maximum atomic E-state index is 12.1. The minimum atomic E-state index is -1.02. The Balaban J connectivity index is 1.93. The van der Waals surface area contributed by atoms with Gasteiger partial charge < -0.3 is 19.5 Å². The number of nitrogens with zero attached hydrogens (tertiary/aromatic N) is 1. The Kier molecular flexibility index (Phi) is 3.63. The van der Waals surface area contributed by atoms with Crippen LogP contribution in [-0.4, -0.2) is 59.9 Å². The monoisotopic (exact) mass is 243 g/mol. The van der Waals surface area contributed by atoms with Crippen molar-refractivity contribution in [1.82, 2.24) is 4.90 Å². The van der Waals surface area contributed by atoms with Crippen molar-refractivity contribution >= 4 is 11.9 Å². The average Bonchev–Trinajstić information content (AvgIpc) is 2.75. The van der Waals surface area contributed by atoms with Gasteiger partial charge in [-0.25, -0.2) is 4.79 Å². The highest BCUT2D eigenvalue weighted by Crippen LogP contribution is 2.21. The van der Waals surface area contributed by atoms with Crippen LogP contribution in [0.4, 0.5) is 0 Å². The Labute approximate surface area is 99.5 Å². The quantitative estimate of drug-likeness (QED) is 0.731. The summed E-state index contributed by atoms with van der Waals surface area (Å²) in [4.78, 5) is 24.4. The van der Waals surface area contributed by atoms with Gasteiger partial charge in [-0.1, -0.05) is 0 Å². The lowest BCUT2D eigenvalue weighted by atomic mass is 10.1. The van der Waals surface area contributed by atoms with E-state index in [1.54, 1.807) is 0 Å². The van der Waals surface area contributed by atoms with E-state index in [4.69, 9.17) is 14.6 Å². The van der Waals surface area contributed by atoms with Crippen molar-refractivity contribution in [3.8, 4) is 0 Å². The molecule has 0 spiro atoms. The van der Waals surface area contributed by atoms with Crippen LogP contribution in [0.1, 0.15) is 19.8 Å². The molecule has 0 aromatic rings. The molecule has 3 unspecified atom stereocenters. The van der Waals surface area contributed by atoms with Gasteiger partial charge in [-0.15, -0.1) is 0 Å².